The molecule has 3 unspecified atom stereocenters. The standard InChI is InChI=1S/C19H28N2/c1-21(13-17-11-15-2-5-16(17)10-15)19-8-3-14(4-9-19)12-20-18-6-7-18/h3-4,8-9,15-18,20H,2,5-7,10-13H2,1H3. The number of nitrogens with zero attached hydrogens (tertiary/aromatic N) is 1. The molecule has 3 aliphatic carbocycles. The Hall–Kier alpha value is -1.02. The summed E-state index contributed by atoms with van der Waals surface area (Å²) in [6, 6.07) is 9.99. The number of hydrogen-bond donors (Lipinski definition) is 1. The van der Waals surface area contributed by atoms with Crippen molar-refractivity contribution in [3.63, 3.8) is 0 Å². The lowest BCUT2D eigenvalue weighted by Crippen LogP contribution is -2.28. The van der Waals surface area contributed by atoms with Gasteiger partial charge >= 0.3 is 0 Å². The van der Waals surface area contributed by atoms with Gasteiger partial charge in [-0.1, -0.05) is 18.6 Å². The van der Waals surface area contributed by atoms with E-state index in [1.165, 1.54) is 56.3 Å². The van der Waals surface area contributed by atoms with Crippen LogP contribution in [0.4, 0.5) is 5.69 Å². The molecule has 3 fully saturated rings. The van der Waals surface area contributed by atoms with Crippen molar-refractivity contribution >= 4 is 5.69 Å². The molecule has 0 heterocycles. The van der Waals surface area contributed by atoms with Gasteiger partial charge in [-0.05, 0) is 67.6 Å². The van der Waals surface area contributed by atoms with Crippen LogP contribution in [0.1, 0.15) is 44.1 Å². The third kappa shape index (κ3) is 3.11. The van der Waals surface area contributed by atoms with Crippen LogP contribution in [0.3, 0.4) is 0 Å². The first-order chi connectivity index (χ1) is 10.3. The maximum Gasteiger partial charge on any atom is 0.0363 e. The summed E-state index contributed by atoms with van der Waals surface area (Å²) in [6.07, 6.45) is 8.74. The summed E-state index contributed by atoms with van der Waals surface area (Å²) in [5.41, 5.74) is 2.80. The highest BCUT2D eigenvalue weighted by atomic mass is 15.1. The van der Waals surface area contributed by atoms with Crippen molar-refractivity contribution in [2.24, 2.45) is 17.8 Å². The maximum atomic E-state index is 3.58. The van der Waals surface area contributed by atoms with Crippen LogP contribution in [0.2, 0.25) is 0 Å². The third-order valence-corrected chi connectivity index (χ3v) is 5.94. The average molecular weight is 284 g/mol. The number of rotatable bonds is 6. The number of hydrogen-bond acceptors (Lipinski definition) is 2. The van der Waals surface area contributed by atoms with Crippen molar-refractivity contribution < 1.29 is 0 Å². The predicted molar refractivity (Wildman–Crippen MR) is 88.5 cm³/mol. The molecule has 0 aliphatic heterocycles. The minimum absolute atomic E-state index is 0.796. The Bertz CT molecular complexity index is 477. The SMILES string of the molecule is CN(CC1CC2CCC1C2)c1ccc(CNC2CC2)cc1. The van der Waals surface area contributed by atoms with Crippen molar-refractivity contribution in [1.29, 1.82) is 0 Å². The van der Waals surface area contributed by atoms with E-state index in [9.17, 15) is 0 Å². The van der Waals surface area contributed by atoms with E-state index in [0.29, 0.717) is 0 Å². The highest BCUT2D eigenvalue weighted by Gasteiger charge is 2.39. The molecule has 3 saturated carbocycles. The van der Waals surface area contributed by atoms with Crippen LogP contribution in [0.5, 0.6) is 0 Å². The monoisotopic (exact) mass is 284 g/mol. The molecule has 1 N–H and O–H groups in total. The molecule has 2 heteroatoms. The summed E-state index contributed by atoms with van der Waals surface area (Å²) >= 11 is 0. The molecule has 21 heavy (non-hydrogen) atoms. The Morgan fingerprint density at radius 3 is 2.48 bits per heavy atom. The van der Waals surface area contributed by atoms with Gasteiger partial charge in [0.2, 0.25) is 0 Å². The normalized spacial score (nSPS) is 30.8. The lowest BCUT2D eigenvalue weighted by molar-refractivity contribution is 0.337. The van der Waals surface area contributed by atoms with Crippen molar-refractivity contribution in [1.82, 2.24) is 5.32 Å². The van der Waals surface area contributed by atoms with Crippen molar-refractivity contribution in [2.45, 2.75) is 51.1 Å². The van der Waals surface area contributed by atoms with E-state index in [4.69, 9.17) is 0 Å². The zero-order valence-corrected chi connectivity index (χ0v) is 13.2. The molecule has 4 rings (SSSR count). The maximum absolute atomic E-state index is 3.58. The van der Waals surface area contributed by atoms with E-state index in [0.717, 1.165) is 30.3 Å². The summed E-state index contributed by atoms with van der Waals surface area (Å²) in [6.45, 7) is 2.28. The quantitative estimate of drug-likeness (QED) is 0.854. The van der Waals surface area contributed by atoms with Crippen molar-refractivity contribution in [2.75, 3.05) is 18.5 Å². The van der Waals surface area contributed by atoms with Crippen molar-refractivity contribution in [3.8, 4) is 0 Å². The first-order valence-electron chi connectivity index (χ1n) is 8.81. The van der Waals surface area contributed by atoms with Crippen LogP contribution in [-0.2, 0) is 6.54 Å². The molecular weight excluding hydrogens is 256 g/mol. The number of nitrogens with one attached hydrogen (secondary N) is 1. The molecule has 2 nitrogen and oxygen atoms in total. The molecule has 0 spiro atoms. The summed E-state index contributed by atoms with van der Waals surface area (Å²) in [5.74, 6) is 3.04. The Kier molecular flexibility index (Phi) is 3.66. The summed E-state index contributed by atoms with van der Waals surface area (Å²) in [5, 5.41) is 3.58. The lowest BCUT2D eigenvalue weighted by atomic mass is 9.88. The molecule has 3 atom stereocenters. The Labute approximate surface area is 128 Å². The van der Waals surface area contributed by atoms with Gasteiger partial charge in [0.15, 0.2) is 0 Å². The second-order valence-electron chi connectivity index (χ2n) is 7.64. The molecule has 1 aromatic rings. The first kappa shape index (κ1) is 13.6. The number of benzene rings is 1. The average Bonchev–Trinajstić information content (AvgIpc) is 3.11. The fourth-order valence-corrected chi connectivity index (χ4v) is 4.48. The van der Waals surface area contributed by atoms with Crippen LogP contribution in [0.15, 0.2) is 24.3 Å². The van der Waals surface area contributed by atoms with Crippen LogP contribution >= 0.6 is 0 Å². The largest absolute Gasteiger partial charge is 0.374 e. The van der Waals surface area contributed by atoms with E-state index in [2.05, 4.69) is 41.5 Å². The molecule has 2 bridgehead atoms. The molecule has 3 aliphatic rings. The first-order valence-corrected chi connectivity index (χ1v) is 8.81. The van der Waals surface area contributed by atoms with Gasteiger partial charge in [0.05, 0.1) is 0 Å². The Morgan fingerprint density at radius 2 is 1.86 bits per heavy atom. The second kappa shape index (κ2) is 5.64. The van der Waals surface area contributed by atoms with E-state index in [1.807, 2.05) is 0 Å². The van der Waals surface area contributed by atoms with Gasteiger partial charge in [0.1, 0.15) is 0 Å². The highest BCUT2D eigenvalue weighted by Crippen LogP contribution is 2.48. The van der Waals surface area contributed by atoms with Crippen LogP contribution in [0, 0.1) is 17.8 Å². The molecular formula is C19H28N2. The molecule has 0 saturated heterocycles. The van der Waals surface area contributed by atoms with Gasteiger partial charge in [-0.25, -0.2) is 0 Å². The van der Waals surface area contributed by atoms with Gasteiger partial charge in [-0.3, -0.25) is 0 Å². The molecule has 0 radical (unpaired) electrons. The van der Waals surface area contributed by atoms with E-state index in [-0.39, 0.29) is 0 Å². The highest BCUT2D eigenvalue weighted by molar-refractivity contribution is 5.47. The van der Waals surface area contributed by atoms with Crippen LogP contribution in [0.25, 0.3) is 0 Å². The molecule has 1 aromatic carbocycles. The number of anilines is 1. The zero-order chi connectivity index (χ0) is 14.2. The Balaban J connectivity index is 1.32. The van der Waals surface area contributed by atoms with Gasteiger partial charge in [-0.15, -0.1) is 0 Å². The fourth-order valence-electron chi connectivity index (χ4n) is 4.48. The van der Waals surface area contributed by atoms with Gasteiger partial charge in [0.25, 0.3) is 0 Å². The van der Waals surface area contributed by atoms with Crippen LogP contribution in [-0.4, -0.2) is 19.6 Å². The summed E-state index contributed by atoms with van der Waals surface area (Å²) in [7, 11) is 2.27. The summed E-state index contributed by atoms with van der Waals surface area (Å²) in [4.78, 5) is 2.48. The van der Waals surface area contributed by atoms with E-state index >= 15 is 0 Å². The molecule has 0 aromatic heterocycles. The zero-order valence-electron chi connectivity index (χ0n) is 13.2. The lowest BCUT2D eigenvalue weighted by Gasteiger charge is -2.28. The fraction of sp³-hybridized carbons (Fsp3) is 0.684. The second-order valence-corrected chi connectivity index (χ2v) is 7.64. The number of fused-ring (bicyclic) bond motifs is 2. The predicted octanol–water partition coefficient (Wildman–Crippen LogP) is 3.81. The van der Waals surface area contributed by atoms with Gasteiger partial charge < -0.3 is 10.2 Å². The third-order valence-electron chi connectivity index (χ3n) is 5.94. The minimum atomic E-state index is 0.796. The van der Waals surface area contributed by atoms with E-state index < -0.39 is 0 Å². The smallest absolute Gasteiger partial charge is 0.0363 e. The Morgan fingerprint density at radius 1 is 1.05 bits per heavy atom. The van der Waals surface area contributed by atoms with Gasteiger partial charge in [-0.2, -0.15) is 0 Å². The molecule has 114 valence electrons. The van der Waals surface area contributed by atoms with Crippen molar-refractivity contribution in [3.05, 3.63) is 29.8 Å². The topological polar surface area (TPSA) is 15.3 Å². The molecule has 0 amide bonds. The van der Waals surface area contributed by atoms with Crippen LogP contribution < -0.4 is 10.2 Å². The summed E-state index contributed by atoms with van der Waals surface area (Å²) < 4.78 is 0. The van der Waals surface area contributed by atoms with Gasteiger partial charge in [0, 0.05) is 31.9 Å². The van der Waals surface area contributed by atoms with E-state index in [1.54, 1.807) is 0 Å². The minimum Gasteiger partial charge on any atom is -0.374 e.